The summed E-state index contributed by atoms with van der Waals surface area (Å²) in [4.78, 5) is 22.4. The van der Waals surface area contributed by atoms with E-state index in [-0.39, 0.29) is 11.2 Å². The molecule has 0 heterocycles. The van der Waals surface area contributed by atoms with Crippen LogP contribution in [0.25, 0.3) is 0 Å². The Morgan fingerprint density at radius 3 is 2.44 bits per heavy atom. The van der Waals surface area contributed by atoms with E-state index in [9.17, 15) is 9.59 Å². The monoisotopic (exact) mass is 247 g/mol. The first-order chi connectivity index (χ1) is 7.52. The van der Waals surface area contributed by atoms with Gasteiger partial charge < -0.3 is 10.4 Å². The molecule has 2 unspecified atom stereocenters. The molecule has 0 radical (unpaired) electrons. The lowest BCUT2D eigenvalue weighted by molar-refractivity contribution is -0.136. The third-order valence-electron chi connectivity index (χ3n) is 2.21. The Labute approximate surface area is 101 Å². The van der Waals surface area contributed by atoms with E-state index in [0.29, 0.717) is 13.0 Å². The first kappa shape index (κ1) is 15.3. The van der Waals surface area contributed by atoms with E-state index in [1.807, 2.05) is 6.92 Å². The lowest BCUT2D eigenvalue weighted by Gasteiger charge is -2.15. The lowest BCUT2D eigenvalue weighted by atomic mass is 10.3. The fourth-order valence-electron chi connectivity index (χ4n) is 1.17. The Morgan fingerprint density at radius 2 is 2.00 bits per heavy atom. The van der Waals surface area contributed by atoms with Gasteiger partial charge >= 0.3 is 5.97 Å². The van der Waals surface area contributed by atoms with Crippen LogP contribution in [-0.2, 0) is 9.59 Å². The van der Waals surface area contributed by atoms with E-state index >= 15 is 0 Å². The standard InChI is InChI=1S/C11H21NO3S/c1-4-6-7-12-10(13)8(3)16-9(5-2)11(14)15/h8-9H,4-7H2,1-3H3,(H,12,13)(H,14,15). The molecule has 0 aromatic heterocycles. The molecule has 0 bridgehead atoms. The van der Waals surface area contributed by atoms with Crippen LogP contribution < -0.4 is 5.32 Å². The third kappa shape index (κ3) is 6.00. The smallest absolute Gasteiger partial charge is 0.316 e. The van der Waals surface area contributed by atoms with Gasteiger partial charge in [-0.1, -0.05) is 20.3 Å². The molecule has 0 saturated heterocycles. The third-order valence-corrected chi connectivity index (χ3v) is 3.70. The molecular formula is C11H21NO3S. The average Bonchev–Trinajstić information content (AvgIpc) is 2.25. The predicted molar refractivity (Wildman–Crippen MR) is 66.7 cm³/mol. The molecular weight excluding hydrogens is 226 g/mol. The largest absolute Gasteiger partial charge is 0.480 e. The topological polar surface area (TPSA) is 66.4 Å². The van der Waals surface area contributed by atoms with Gasteiger partial charge in [-0.2, -0.15) is 0 Å². The number of carbonyl (C=O) groups is 2. The summed E-state index contributed by atoms with van der Waals surface area (Å²) in [6.45, 7) is 6.29. The summed E-state index contributed by atoms with van der Waals surface area (Å²) in [5, 5.41) is 10.9. The molecule has 1 amide bonds. The molecule has 4 nitrogen and oxygen atoms in total. The lowest BCUT2D eigenvalue weighted by Crippen LogP contribution is -2.33. The van der Waals surface area contributed by atoms with E-state index in [1.165, 1.54) is 11.8 Å². The van der Waals surface area contributed by atoms with Gasteiger partial charge in [-0.05, 0) is 19.8 Å². The minimum absolute atomic E-state index is 0.0712. The number of amides is 1. The van der Waals surface area contributed by atoms with Gasteiger partial charge in [0.15, 0.2) is 0 Å². The zero-order valence-electron chi connectivity index (χ0n) is 10.2. The Bertz CT molecular complexity index is 233. The summed E-state index contributed by atoms with van der Waals surface area (Å²) >= 11 is 1.21. The maximum Gasteiger partial charge on any atom is 0.316 e. The van der Waals surface area contributed by atoms with E-state index in [4.69, 9.17) is 5.11 Å². The summed E-state index contributed by atoms with van der Waals surface area (Å²) in [6, 6.07) is 0. The molecule has 0 aliphatic carbocycles. The van der Waals surface area contributed by atoms with E-state index in [1.54, 1.807) is 6.92 Å². The highest BCUT2D eigenvalue weighted by atomic mass is 32.2. The second-order valence-corrected chi connectivity index (χ2v) is 5.21. The van der Waals surface area contributed by atoms with Crippen molar-refractivity contribution in [3.05, 3.63) is 0 Å². The number of carbonyl (C=O) groups excluding carboxylic acids is 1. The van der Waals surface area contributed by atoms with Crippen molar-refractivity contribution in [3.63, 3.8) is 0 Å². The van der Waals surface area contributed by atoms with Crippen molar-refractivity contribution in [2.24, 2.45) is 0 Å². The van der Waals surface area contributed by atoms with Crippen LogP contribution in [0.1, 0.15) is 40.0 Å². The van der Waals surface area contributed by atoms with E-state index < -0.39 is 11.2 Å². The van der Waals surface area contributed by atoms with Crippen LogP contribution in [-0.4, -0.2) is 34.0 Å². The summed E-state index contributed by atoms with van der Waals surface area (Å²) in [6.07, 6.45) is 2.53. The predicted octanol–water partition coefficient (Wildman–Crippen LogP) is 1.89. The van der Waals surface area contributed by atoms with Crippen LogP contribution in [0.5, 0.6) is 0 Å². The Kier molecular flexibility index (Phi) is 8.07. The number of hydrogen-bond acceptors (Lipinski definition) is 3. The maximum absolute atomic E-state index is 11.6. The zero-order valence-corrected chi connectivity index (χ0v) is 11.0. The highest BCUT2D eigenvalue weighted by Crippen LogP contribution is 2.20. The van der Waals surface area contributed by atoms with Crippen molar-refractivity contribution in [2.75, 3.05) is 6.54 Å². The summed E-state index contributed by atoms with van der Waals surface area (Å²) in [5.41, 5.74) is 0. The molecule has 0 spiro atoms. The number of aliphatic carboxylic acids is 1. The van der Waals surface area contributed by atoms with Gasteiger partial charge in [0.1, 0.15) is 5.25 Å². The summed E-state index contributed by atoms with van der Waals surface area (Å²) in [7, 11) is 0. The number of carboxylic acids is 1. The van der Waals surface area contributed by atoms with Crippen LogP contribution in [0.2, 0.25) is 0 Å². The van der Waals surface area contributed by atoms with E-state index in [2.05, 4.69) is 12.2 Å². The quantitative estimate of drug-likeness (QED) is 0.643. The number of thioether (sulfide) groups is 1. The van der Waals surface area contributed by atoms with Crippen molar-refractivity contribution < 1.29 is 14.7 Å². The summed E-state index contributed by atoms with van der Waals surface area (Å²) in [5.74, 6) is -0.918. The number of hydrogen-bond donors (Lipinski definition) is 2. The Hall–Kier alpha value is -0.710. The molecule has 2 atom stereocenters. The van der Waals surface area contributed by atoms with Gasteiger partial charge in [0.05, 0.1) is 5.25 Å². The van der Waals surface area contributed by atoms with Crippen molar-refractivity contribution in [3.8, 4) is 0 Å². The van der Waals surface area contributed by atoms with Crippen LogP contribution in [0, 0.1) is 0 Å². The first-order valence-corrected chi connectivity index (χ1v) is 6.63. The van der Waals surface area contributed by atoms with Crippen molar-refractivity contribution in [1.82, 2.24) is 5.32 Å². The molecule has 2 N–H and O–H groups in total. The number of nitrogens with one attached hydrogen (secondary N) is 1. The van der Waals surface area contributed by atoms with Gasteiger partial charge in [-0.15, -0.1) is 11.8 Å². The molecule has 0 aromatic rings. The van der Waals surface area contributed by atoms with Crippen molar-refractivity contribution in [2.45, 2.75) is 50.5 Å². The highest BCUT2D eigenvalue weighted by molar-refractivity contribution is 8.01. The van der Waals surface area contributed by atoms with Gasteiger partial charge in [0.2, 0.25) is 5.91 Å². The minimum Gasteiger partial charge on any atom is -0.480 e. The second-order valence-electron chi connectivity index (χ2n) is 3.66. The van der Waals surface area contributed by atoms with Gasteiger partial charge in [-0.3, -0.25) is 9.59 Å². The number of unbranched alkanes of at least 4 members (excludes halogenated alkanes) is 1. The number of rotatable bonds is 8. The second kappa shape index (κ2) is 8.44. The van der Waals surface area contributed by atoms with Crippen molar-refractivity contribution >= 4 is 23.6 Å². The van der Waals surface area contributed by atoms with Crippen LogP contribution in [0.3, 0.4) is 0 Å². The van der Waals surface area contributed by atoms with Crippen LogP contribution in [0.4, 0.5) is 0 Å². The minimum atomic E-state index is -0.847. The zero-order chi connectivity index (χ0) is 12.6. The number of carboxylic acid groups (broad SMARTS) is 1. The van der Waals surface area contributed by atoms with Crippen molar-refractivity contribution in [1.29, 1.82) is 0 Å². The molecule has 0 aliphatic heterocycles. The van der Waals surface area contributed by atoms with Gasteiger partial charge in [0, 0.05) is 6.54 Å². The molecule has 94 valence electrons. The normalized spacial score (nSPS) is 14.2. The molecule has 0 fully saturated rings. The fraction of sp³-hybridized carbons (Fsp3) is 0.818. The van der Waals surface area contributed by atoms with Crippen LogP contribution >= 0.6 is 11.8 Å². The highest BCUT2D eigenvalue weighted by Gasteiger charge is 2.22. The molecule has 0 aliphatic rings. The van der Waals surface area contributed by atoms with E-state index in [0.717, 1.165) is 12.8 Å². The molecule has 16 heavy (non-hydrogen) atoms. The maximum atomic E-state index is 11.6. The Morgan fingerprint density at radius 1 is 1.38 bits per heavy atom. The SMILES string of the molecule is CCCCNC(=O)C(C)SC(CC)C(=O)O. The Balaban J connectivity index is 3.98. The molecule has 0 aromatic carbocycles. The average molecular weight is 247 g/mol. The first-order valence-electron chi connectivity index (χ1n) is 5.68. The molecule has 0 saturated carbocycles. The summed E-state index contributed by atoms with van der Waals surface area (Å²) < 4.78 is 0. The van der Waals surface area contributed by atoms with Gasteiger partial charge in [0.25, 0.3) is 0 Å². The van der Waals surface area contributed by atoms with Crippen LogP contribution in [0.15, 0.2) is 0 Å². The van der Waals surface area contributed by atoms with Gasteiger partial charge in [-0.25, -0.2) is 0 Å². The molecule has 0 rings (SSSR count). The molecule has 5 heteroatoms. The fourth-order valence-corrected chi connectivity index (χ4v) is 2.18.